The van der Waals surface area contributed by atoms with E-state index < -0.39 is 0 Å². The molecular formula is C16H20N4O. The third-order valence-electron chi connectivity index (χ3n) is 4.30. The summed E-state index contributed by atoms with van der Waals surface area (Å²) in [6.45, 7) is 1.88. The highest BCUT2D eigenvalue weighted by Gasteiger charge is 2.25. The molecule has 0 bridgehead atoms. The van der Waals surface area contributed by atoms with E-state index in [1.165, 1.54) is 5.69 Å². The topological polar surface area (TPSA) is 72.9 Å². The Kier molecular flexibility index (Phi) is 3.41. The van der Waals surface area contributed by atoms with E-state index in [4.69, 9.17) is 5.73 Å². The molecule has 1 aromatic heterocycles. The van der Waals surface area contributed by atoms with Crippen LogP contribution in [0, 0.1) is 6.92 Å². The lowest BCUT2D eigenvalue weighted by Crippen LogP contribution is -2.31. The van der Waals surface area contributed by atoms with Gasteiger partial charge in [-0.3, -0.25) is 9.48 Å². The average molecular weight is 284 g/mol. The normalized spacial score (nSPS) is 17.3. The second-order valence-electron chi connectivity index (χ2n) is 5.61. The molecule has 1 heterocycles. The highest BCUT2D eigenvalue weighted by molar-refractivity contribution is 5.97. The van der Waals surface area contributed by atoms with E-state index >= 15 is 0 Å². The van der Waals surface area contributed by atoms with Crippen molar-refractivity contribution in [1.29, 1.82) is 0 Å². The van der Waals surface area contributed by atoms with Crippen molar-refractivity contribution in [2.24, 2.45) is 7.05 Å². The highest BCUT2D eigenvalue weighted by atomic mass is 16.1. The summed E-state index contributed by atoms with van der Waals surface area (Å²) in [4.78, 5) is 12.5. The molecule has 1 atom stereocenters. The molecule has 0 fully saturated rings. The van der Waals surface area contributed by atoms with Gasteiger partial charge in [0.15, 0.2) is 0 Å². The summed E-state index contributed by atoms with van der Waals surface area (Å²) >= 11 is 0. The van der Waals surface area contributed by atoms with Crippen LogP contribution in [-0.4, -0.2) is 15.7 Å². The molecule has 0 saturated heterocycles. The summed E-state index contributed by atoms with van der Waals surface area (Å²) in [5.41, 5.74) is 10.4. The van der Waals surface area contributed by atoms with E-state index in [9.17, 15) is 4.79 Å². The van der Waals surface area contributed by atoms with Crippen LogP contribution in [0.15, 0.2) is 24.4 Å². The van der Waals surface area contributed by atoms with E-state index in [1.54, 1.807) is 0 Å². The van der Waals surface area contributed by atoms with Crippen LogP contribution in [0.25, 0.3) is 0 Å². The number of aromatic nitrogens is 2. The Balaban J connectivity index is 1.84. The van der Waals surface area contributed by atoms with Gasteiger partial charge in [0, 0.05) is 29.6 Å². The monoisotopic (exact) mass is 284 g/mol. The second-order valence-corrected chi connectivity index (χ2v) is 5.61. The highest BCUT2D eigenvalue weighted by Crippen LogP contribution is 2.29. The van der Waals surface area contributed by atoms with Crippen molar-refractivity contribution in [3.05, 3.63) is 46.8 Å². The van der Waals surface area contributed by atoms with Gasteiger partial charge in [-0.1, -0.05) is 6.07 Å². The van der Waals surface area contributed by atoms with Gasteiger partial charge in [-0.2, -0.15) is 5.10 Å². The maximum atomic E-state index is 12.5. The minimum atomic E-state index is -0.0681. The van der Waals surface area contributed by atoms with Crippen molar-refractivity contribution < 1.29 is 4.79 Å². The zero-order chi connectivity index (χ0) is 15.0. The summed E-state index contributed by atoms with van der Waals surface area (Å²) in [5, 5.41) is 7.43. The zero-order valence-electron chi connectivity index (χ0n) is 12.4. The Labute approximate surface area is 124 Å². The maximum Gasteiger partial charge on any atom is 0.252 e. The van der Waals surface area contributed by atoms with Gasteiger partial charge in [0.05, 0.1) is 12.2 Å². The number of nitrogens with one attached hydrogen (secondary N) is 1. The number of nitrogens with zero attached hydrogens (tertiary/aromatic N) is 2. The van der Waals surface area contributed by atoms with Crippen molar-refractivity contribution in [2.75, 3.05) is 5.73 Å². The number of carbonyl (C=O) groups excluding carboxylic acids is 1. The Morgan fingerprint density at radius 3 is 3.10 bits per heavy atom. The third-order valence-corrected chi connectivity index (χ3v) is 4.30. The van der Waals surface area contributed by atoms with Gasteiger partial charge in [0.1, 0.15) is 0 Å². The fourth-order valence-electron chi connectivity index (χ4n) is 2.99. The van der Waals surface area contributed by atoms with Crippen LogP contribution in [0.4, 0.5) is 5.69 Å². The molecule has 1 aliphatic rings. The quantitative estimate of drug-likeness (QED) is 0.830. The number of hydrogen-bond donors (Lipinski definition) is 2. The molecule has 1 aliphatic carbocycles. The summed E-state index contributed by atoms with van der Waals surface area (Å²) in [6.07, 6.45) is 4.90. The summed E-state index contributed by atoms with van der Waals surface area (Å²) in [7, 11) is 1.95. The predicted octanol–water partition coefficient (Wildman–Crippen LogP) is 2.12. The van der Waals surface area contributed by atoms with E-state index in [1.807, 2.05) is 43.0 Å². The molecule has 0 saturated carbocycles. The minimum Gasteiger partial charge on any atom is -0.398 e. The first kappa shape index (κ1) is 13.7. The van der Waals surface area contributed by atoms with Crippen molar-refractivity contribution >= 4 is 11.6 Å². The lowest BCUT2D eigenvalue weighted by molar-refractivity contribution is 0.0932. The van der Waals surface area contributed by atoms with Crippen molar-refractivity contribution in [2.45, 2.75) is 32.2 Å². The number of benzene rings is 1. The molecule has 0 aliphatic heterocycles. The lowest BCUT2D eigenvalue weighted by Gasteiger charge is -2.24. The maximum absolute atomic E-state index is 12.5. The van der Waals surface area contributed by atoms with Gasteiger partial charge in [0.25, 0.3) is 5.91 Å². The molecule has 1 unspecified atom stereocenters. The van der Waals surface area contributed by atoms with Crippen LogP contribution in [0.1, 0.15) is 46.1 Å². The predicted molar refractivity (Wildman–Crippen MR) is 81.9 cm³/mol. The number of fused-ring (bicyclic) bond motifs is 1. The van der Waals surface area contributed by atoms with Gasteiger partial charge >= 0.3 is 0 Å². The van der Waals surface area contributed by atoms with Gasteiger partial charge in [-0.15, -0.1) is 0 Å². The van der Waals surface area contributed by atoms with Gasteiger partial charge in [-0.05, 0) is 43.9 Å². The average Bonchev–Trinajstić information content (AvgIpc) is 2.85. The Morgan fingerprint density at radius 1 is 1.48 bits per heavy atom. The van der Waals surface area contributed by atoms with Crippen LogP contribution in [0.3, 0.4) is 0 Å². The number of anilines is 1. The number of nitrogens with two attached hydrogens (primary N) is 1. The van der Waals surface area contributed by atoms with E-state index in [0.717, 1.165) is 30.4 Å². The zero-order valence-corrected chi connectivity index (χ0v) is 12.4. The largest absolute Gasteiger partial charge is 0.398 e. The van der Waals surface area contributed by atoms with Gasteiger partial charge in [0.2, 0.25) is 0 Å². The minimum absolute atomic E-state index is 0.0378. The number of nitrogen functional groups attached to an aromatic ring is 1. The summed E-state index contributed by atoms with van der Waals surface area (Å²) in [6, 6.07) is 5.48. The van der Waals surface area contributed by atoms with Crippen LogP contribution >= 0.6 is 0 Å². The molecule has 2 aromatic rings. The van der Waals surface area contributed by atoms with Crippen molar-refractivity contribution in [3.8, 4) is 0 Å². The summed E-state index contributed by atoms with van der Waals surface area (Å²) in [5.74, 6) is -0.0681. The molecule has 1 aromatic carbocycles. The molecule has 0 spiro atoms. The summed E-state index contributed by atoms with van der Waals surface area (Å²) < 4.78 is 1.90. The molecule has 110 valence electrons. The first-order valence-electron chi connectivity index (χ1n) is 7.24. The Morgan fingerprint density at radius 2 is 2.29 bits per heavy atom. The molecule has 3 rings (SSSR count). The van der Waals surface area contributed by atoms with Gasteiger partial charge in [-0.25, -0.2) is 0 Å². The molecule has 5 heteroatoms. The Hall–Kier alpha value is -2.30. The van der Waals surface area contributed by atoms with Crippen LogP contribution < -0.4 is 11.1 Å². The molecule has 21 heavy (non-hydrogen) atoms. The van der Waals surface area contributed by atoms with Crippen LogP contribution in [0.2, 0.25) is 0 Å². The van der Waals surface area contributed by atoms with Crippen molar-refractivity contribution in [3.63, 3.8) is 0 Å². The Bertz CT molecular complexity index is 690. The number of rotatable bonds is 2. The van der Waals surface area contributed by atoms with Crippen molar-refractivity contribution in [1.82, 2.24) is 15.1 Å². The number of carbonyl (C=O) groups is 1. The number of amides is 1. The molecular weight excluding hydrogens is 264 g/mol. The molecule has 1 amide bonds. The smallest absolute Gasteiger partial charge is 0.252 e. The third kappa shape index (κ3) is 2.39. The van der Waals surface area contributed by atoms with Crippen LogP contribution in [-0.2, 0) is 13.5 Å². The standard InChI is InChI=1S/C16H20N4O/c1-10-11(5-3-6-13(10)17)16(21)19-14-7-4-8-15-12(14)9-18-20(15)2/h3,5-6,9,14H,4,7-8,17H2,1-2H3,(H,19,21). The lowest BCUT2D eigenvalue weighted by atomic mass is 9.92. The SMILES string of the molecule is Cc1c(N)cccc1C(=O)NC1CCCc2c1cnn2C. The molecule has 0 radical (unpaired) electrons. The number of aryl methyl sites for hydroxylation is 1. The second kappa shape index (κ2) is 5.24. The van der Waals surface area contributed by atoms with Gasteiger partial charge < -0.3 is 11.1 Å². The number of hydrogen-bond acceptors (Lipinski definition) is 3. The first-order chi connectivity index (χ1) is 10.1. The van der Waals surface area contributed by atoms with E-state index in [-0.39, 0.29) is 11.9 Å². The first-order valence-corrected chi connectivity index (χ1v) is 7.24. The van der Waals surface area contributed by atoms with E-state index in [0.29, 0.717) is 11.3 Å². The molecule has 3 N–H and O–H groups in total. The fraction of sp³-hybridized carbons (Fsp3) is 0.375. The van der Waals surface area contributed by atoms with Crippen LogP contribution in [0.5, 0.6) is 0 Å². The fourth-order valence-corrected chi connectivity index (χ4v) is 2.99. The molecule has 5 nitrogen and oxygen atoms in total. The van der Waals surface area contributed by atoms with E-state index in [2.05, 4.69) is 10.4 Å².